The smallest absolute Gasteiger partial charge is 0.115 e. The molecule has 2 nitrogen and oxygen atoms in total. The molecule has 1 aromatic rings. The third-order valence-electron chi connectivity index (χ3n) is 2.98. The molecule has 1 aromatic heterocycles. The first-order valence-electron chi connectivity index (χ1n) is 5.77. The Labute approximate surface area is 99.7 Å². The molecule has 15 heavy (non-hydrogen) atoms. The van der Waals surface area contributed by atoms with Crippen LogP contribution >= 0.6 is 15.9 Å². The minimum atomic E-state index is 0.571. The second kappa shape index (κ2) is 5.06. The van der Waals surface area contributed by atoms with Gasteiger partial charge in [0.25, 0.3) is 0 Å². The van der Waals surface area contributed by atoms with Crippen LogP contribution in [0, 0.1) is 0 Å². The summed E-state index contributed by atoms with van der Waals surface area (Å²) in [4.78, 5) is 9.35. The molecule has 1 heterocycles. The number of nitrogens with zero attached hydrogens (tertiary/aromatic N) is 2. The van der Waals surface area contributed by atoms with Crippen LogP contribution in [0.4, 0.5) is 0 Å². The van der Waals surface area contributed by atoms with E-state index in [4.69, 9.17) is 0 Å². The summed E-state index contributed by atoms with van der Waals surface area (Å²) < 4.78 is 0. The highest BCUT2D eigenvalue weighted by atomic mass is 79.9. The molecule has 0 aromatic carbocycles. The van der Waals surface area contributed by atoms with Crippen molar-refractivity contribution in [1.82, 2.24) is 9.97 Å². The zero-order chi connectivity index (χ0) is 10.7. The van der Waals surface area contributed by atoms with Crippen molar-refractivity contribution in [1.29, 1.82) is 0 Å². The van der Waals surface area contributed by atoms with Crippen molar-refractivity contribution in [2.24, 2.45) is 0 Å². The Hall–Kier alpha value is -0.440. The van der Waals surface area contributed by atoms with Crippen LogP contribution in [0.15, 0.2) is 6.33 Å². The Balaban J connectivity index is 2.11. The van der Waals surface area contributed by atoms with E-state index in [1.54, 1.807) is 6.33 Å². The van der Waals surface area contributed by atoms with Gasteiger partial charge in [-0.1, -0.05) is 29.3 Å². The summed E-state index contributed by atoms with van der Waals surface area (Å²) in [6.45, 7) is 2.22. The molecule has 0 fully saturated rings. The maximum absolute atomic E-state index is 4.43. The molecule has 0 spiro atoms. The van der Waals surface area contributed by atoms with Gasteiger partial charge in [0.1, 0.15) is 6.33 Å². The van der Waals surface area contributed by atoms with Gasteiger partial charge in [-0.25, -0.2) is 9.97 Å². The summed E-state index contributed by atoms with van der Waals surface area (Å²) in [6, 6.07) is 0. The van der Waals surface area contributed by atoms with E-state index in [0.717, 1.165) is 12.8 Å². The lowest BCUT2D eigenvalue weighted by atomic mass is 10.1. The van der Waals surface area contributed by atoms with E-state index in [9.17, 15) is 0 Å². The van der Waals surface area contributed by atoms with Crippen LogP contribution in [0.5, 0.6) is 0 Å². The predicted octanol–water partition coefficient (Wildman–Crippen LogP) is 3.07. The molecule has 0 N–H and O–H groups in total. The van der Waals surface area contributed by atoms with E-state index < -0.39 is 0 Å². The summed E-state index contributed by atoms with van der Waals surface area (Å²) >= 11 is 3.72. The monoisotopic (exact) mass is 268 g/mol. The van der Waals surface area contributed by atoms with Gasteiger partial charge in [-0.3, -0.25) is 0 Å². The first-order valence-corrected chi connectivity index (χ1v) is 6.68. The molecular weight excluding hydrogens is 252 g/mol. The molecule has 0 radical (unpaired) electrons. The predicted molar refractivity (Wildman–Crippen MR) is 65.4 cm³/mol. The number of rotatable bonds is 4. The average Bonchev–Trinajstić information content (AvgIpc) is 2.67. The summed E-state index contributed by atoms with van der Waals surface area (Å²) in [6.07, 6.45) is 8.80. The summed E-state index contributed by atoms with van der Waals surface area (Å²) in [5.74, 6) is 0. The third kappa shape index (κ3) is 2.57. The third-order valence-corrected chi connectivity index (χ3v) is 3.76. The van der Waals surface area contributed by atoms with E-state index in [0.29, 0.717) is 4.83 Å². The van der Waals surface area contributed by atoms with E-state index in [-0.39, 0.29) is 0 Å². The average molecular weight is 269 g/mol. The lowest BCUT2D eigenvalue weighted by Crippen LogP contribution is -2.07. The van der Waals surface area contributed by atoms with Crippen molar-refractivity contribution < 1.29 is 0 Å². The number of aromatic nitrogens is 2. The fourth-order valence-electron chi connectivity index (χ4n) is 2.23. The van der Waals surface area contributed by atoms with Crippen molar-refractivity contribution in [3.8, 4) is 0 Å². The minimum Gasteiger partial charge on any atom is -0.241 e. The van der Waals surface area contributed by atoms with Crippen LogP contribution in [-0.2, 0) is 19.3 Å². The van der Waals surface area contributed by atoms with Crippen molar-refractivity contribution in [2.45, 2.75) is 50.3 Å². The van der Waals surface area contributed by atoms with Crippen LogP contribution in [-0.4, -0.2) is 14.8 Å². The normalized spacial score (nSPS) is 16.4. The molecule has 82 valence electrons. The molecule has 0 saturated carbocycles. The van der Waals surface area contributed by atoms with Gasteiger partial charge in [0, 0.05) is 22.6 Å². The molecule has 3 heteroatoms. The maximum Gasteiger partial charge on any atom is 0.115 e. The van der Waals surface area contributed by atoms with Gasteiger partial charge < -0.3 is 0 Å². The van der Waals surface area contributed by atoms with Gasteiger partial charge in [0.2, 0.25) is 0 Å². The van der Waals surface area contributed by atoms with Crippen LogP contribution in [0.2, 0.25) is 0 Å². The Kier molecular flexibility index (Phi) is 3.73. The fraction of sp³-hybridized carbons (Fsp3) is 0.667. The largest absolute Gasteiger partial charge is 0.241 e. The number of fused-ring (bicyclic) bond motifs is 1. The minimum absolute atomic E-state index is 0.571. The number of hydrogen-bond acceptors (Lipinski definition) is 2. The van der Waals surface area contributed by atoms with Gasteiger partial charge in [-0.15, -0.1) is 0 Å². The van der Waals surface area contributed by atoms with E-state index in [1.807, 2.05) is 0 Å². The lowest BCUT2D eigenvalue weighted by molar-refractivity contribution is 0.726. The maximum atomic E-state index is 4.43. The number of aryl methyl sites for hydroxylation is 1. The highest BCUT2D eigenvalue weighted by molar-refractivity contribution is 9.09. The lowest BCUT2D eigenvalue weighted by Gasteiger charge is -2.10. The topological polar surface area (TPSA) is 25.8 Å². The Bertz CT molecular complexity index is 338. The van der Waals surface area contributed by atoms with Gasteiger partial charge in [0.15, 0.2) is 0 Å². The van der Waals surface area contributed by atoms with Gasteiger partial charge in [-0.05, 0) is 31.2 Å². The zero-order valence-electron chi connectivity index (χ0n) is 9.17. The van der Waals surface area contributed by atoms with Crippen molar-refractivity contribution >= 4 is 15.9 Å². The highest BCUT2D eigenvalue weighted by Crippen LogP contribution is 2.24. The molecule has 0 saturated heterocycles. The fourth-order valence-corrected chi connectivity index (χ4v) is 2.99. The SMILES string of the molecule is CCCC(Br)Cc1ncnc2c1CCC2. The van der Waals surface area contributed by atoms with Crippen LogP contribution < -0.4 is 0 Å². The van der Waals surface area contributed by atoms with Crippen LogP contribution in [0.1, 0.15) is 43.1 Å². The Morgan fingerprint density at radius 3 is 3.07 bits per heavy atom. The zero-order valence-corrected chi connectivity index (χ0v) is 10.8. The molecule has 0 bridgehead atoms. The molecule has 0 aliphatic heterocycles. The van der Waals surface area contributed by atoms with Gasteiger partial charge in [0.05, 0.1) is 0 Å². The van der Waals surface area contributed by atoms with Crippen molar-refractivity contribution in [2.75, 3.05) is 0 Å². The van der Waals surface area contributed by atoms with Crippen molar-refractivity contribution in [3.05, 3.63) is 23.3 Å². The number of hydrogen-bond donors (Lipinski definition) is 0. The number of halogens is 1. The van der Waals surface area contributed by atoms with E-state index >= 15 is 0 Å². The summed E-state index contributed by atoms with van der Waals surface area (Å²) in [7, 11) is 0. The molecule has 1 aliphatic rings. The first-order chi connectivity index (χ1) is 7.31. The molecule has 1 aliphatic carbocycles. The van der Waals surface area contributed by atoms with E-state index in [2.05, 4.69) is 32.8 Å². The molecular formula is C12H17BrN2. The Morgan fingerprint density at radius 1 is 1.40 bits per heavy atom. The van der Waals surface area contributed by atoms with Crippen LogP contribution in [0.25, 0.3) is 0 Å². The summed E-state index contributed by atoms with van der Waals surface area (Å²) in [5.41, 5.74) is 3.99. The highest BCUT2D eigenvalue weighted by Gasteiger charge is 2.18. The first kappa shape index (κ1) is 11.1. The molecule has 0 amide bonds. The molecule has 1 unspecified atom stereocenters. The van der Waals surface area contributed by atoms with Crippen LogP contribution in [0.3, 0.4) is 0 Å². The molecule has 2 rings (SSSR count). The van der Waals surface area contributed by atoms with Gasteiger partial charge >= 0.3 is 0 Å². The molecule has 1 atom stereocenters. The van der Waals surface area contributed by atoms with E-state index in [1.165, 1.54) is 42.6 Å². The number of alkyl halides is 1. The quantitative estimate of drug-likeness (QED) is 0.785. The van der Waals surface area contributed by atoms with Crippen molar-refractivity contribution in [3.63, 3.8) is 0 Å². The second-order valence-electron chi connectivity index (χ2n) is 4.19. The Morgan fingerprint density at radius 2 is 2.27 bits per heavy atom. The second-order valence-corrected chi connectivity index (χ2v) is 5.48. The van der Waals surface area contributed by atoms with Gasteiger partial charge in [-0.2, -0.15) is 0 Å². The standard InChI is InChI=1S/C12H17BrN2/c1-2-4-9(13)7-12-10-5-3-6-11(10)14-8-15-12/h8-9H,2-7H2,1H3. The summed E-state index contributed by atoms with van der Waals surface area (Å²) in [5, 5.41) is 0.